The molecular formula is C18H22O4. The Morgan fingerprint density at radius 3 is 2.18 bits per heavy atom. The van der Waals surface area contributed by atoms with E-state index >= 15 is 0 Å². The molecule has 0 aromatic heterocycles. The molecule has 0 spiro atoms. The van der Waals surface area contributed by atoms with Gasteiger partial charge in [0.1, 0.15) is 17.3 Å². The smallest absolute Gasteiger partial charge is 0.150 e. The first kappa shape index (κ1) is 15.1. The van der Waals surface area contributed by atoms with Crippen molar-refractivity contribution in [3.05, 3.63) is 23.8 Å². The minimum absolute atomic E-state index is 0.0826. The molecule has 2 aliphatic rings. The first-order chi connectivity index (χ1) is 10.4. The summed E-state index contributed by atoms with van der Waals surface area (Å²) in [7, 11) is 3.24. The second-order valence-electron chi connectivity index (χ2n) is 6.83. The van der Waals surface area contributed by atoms with Crippen LogP contribution in [0.3, 0.4) is 0 Å². The second kappa shape index (κ2) is 4.83. The molecule has 0 amide bonds. The third-order valence-electron chi connectivity index (χ3n) is 5.78. The van der Waals surface area contributed by atoms with Gasteiger partial charge in [-0.1, -0.05) is 13.0 Å². The lowest BCUT2D eigenvalue weighted by Gasteiger charge is -2.42. The van der Waals surface area contributed by atoms with Gasteiger partial charge in [0.05, 0.1) is 19.6 Å². The van der Waals surface area contributed by atoms with Gasteiger partial charge in [0.2, 0.25) is 0 Å². The molecule has 4 heteroatoms. The molecule has 2 aliphatic carbocycles. The summed E-state index contributed by atoms with van der Waals surface area (Å²) in [6.07, 6.45) is 1.70. The van der Waals surface area contributed by atoms with Crippen LogP contribution >= 0.6 is 0 Å². The summed E-state index contributed by atoms with van der Waals surface area (Å²) in [5, 5.41) is 0. The van der Waals surface area contributed by atoms with Crippen LogP contribution in [0.4, 0.5) is 0 Å². The highest BCUT2D eigenvalue weighted by molar-refractivity contribution is 6.15. The van der Waals surface area contributed by atoms with E-state index in [0.29, 0.717) is 12.8 Å². The summed E-state index contributed by atoms with van der Waals surface area (Å²) in [6.45, 7) is 3.87. The van der Waals surface area contributed by atoms with Crippen LogP contribution in [-0.4, -0.2) is 25.8 Å². The first-order valence-corrected chi connectivity index (χ1v) is 7.67. The van der Waals surface area contributed by atoms with E-state index in [-0.39, 0.29) is 17.5 Å². The Bertz CT molecular complexity index is 628. The summed E-state index contributed by atoms with van der Waals surface area (Å²) in [6, 6.07) is 5.65. The van der Waals surface area contributed by atoms with Crippen LogP contribution in [-0.2, 0) is 15.0 Å². The Balaban J connectivity index is 2.17. The van der Waals surface area contributed by atoms with Crippen molar-refractivity contribution in [2.75, 3.05) is 14.2 Å². The summed E-state index contributed by atoms with van der Waals surface area (Å²) in [5.74, 6) is 1.32. The fraction of sp³-hybridized carbons (Fsp3) is 0.556. The van der Waals surface area contributed by atoms with Crippen molar-refractivity contribution in [2.24, 2.45) is 11.3 Å². The quantitative estimate of drug-likeness (QED) is 0.806. The van der Waals surface area contributed by atoms with Gasteiger partial charge in [-0.05, 0) is 31.9 Å². The van der Waals surface area contributed by atoms with E-state index in [1.807, 2.05) is 18.2 Å². The van der Waals surface area contributed by atoms with E-state index in [0.717, 1.165) is 23.5 Å². The van der Waals surface area contributed by atoms with Crippen LogP contribution in [0.5, 0.6) is 11.5 Å². The Hall–Kier alpha value is -1.84. The monoisotopic (exact) mass is 302 g/mol. The van der Waals surface area contributed by atoms with E-state index in [4.69, 9.17) is 9.47 Å². The van der Waals surface area contributed by atoms with Crippen molar-refractivity contribution in [1.82, 2.24) is 0 Å². The number of ether oxygens (including phenoxy) is 2. The number of fused-ring (bicyclic) bond motifs is 2. The number of carbonyl (C=O) groups excluding carboxylic acids is 2. The maximum absolute atomic E-state index is 12.8. The lowest BCUT2D eigenvalue weighted by Crippen LogP contribution is -2.45. The Labute approximate surface area is 130 Å². The third-order valence-corrected chi connectivity index (χ3v) is 5.78. The molecule has 2 bridgehead atoms. The second-order valence-corrected chi connectivity index (χ2v) is 6.83. The molecule has 2 saturated carbocycles. The molecular weight excluding hydrogens is 280 g/mol. The van der Waals surface area contributed by atoms with Crippen molar-refractivity contribution < 1.29 is 19.1 Å². The Kier molecular flexibility index (Phi) is 3.31. The van der Waals surface area contributed by atoms with Gasteiger partial charge in [-0.15, -0.1) is 0 Å². The molecule has 1 aromatic carbocycles. The predicted octanol–water partition coefficient (Wildman–Crippen LogP) is 2.92. The highest BCUT2D eigenvalue weighted by Gasteiger charge is 2.61. The maximum atomic E-state index is 12.8. The average Bonchev–Trinajstić information content (AvgIpc) is 2.69. The molecule has 0 N–H and O–H groups in total. The van der Waals surface area contributed by atoms with E-state index in [1.165, 1.54) is 0 Å². The minimum atomic E-state index is -0.778. The summed E-state index contributed by atoms with van der Waals surface area (Å²) >= 11 is 0. The molecule has 4 nitrogen and oxygen atoms in total. The Morgan fingerprint density at radius 1 is 1.05 bits per heavy atom. The molecule has 0 heterocycles. The molecule has 3 rings (SSSR count). The summed E-state index contributed by atoms with van der Waals surface area (Å²) in [4.78, 5) is 25.1. The standard InChI is InChI=1S/C18H22O4/c1-17(15-12(21-3)6-5-7-13(15)22-4)8-9-18(2)14(19)10-11(17)16(18)20/h5-7,11H,8-10H2,1-4H3. The van der Waals surface area contributed by atoms with Gasteiger partial charge in [0, 0.05) is 23.3 Å². The molecule has 3 atom stereocenters. The molecule has 0 saturated heterocycles. The fourth-order valence-electron chi connectivity index (χ4n) is 4.20. The Morgan fingerprint density at radius 2 is 1.64 bits per heavy atom. The molecule has 3 unspecified atom stereocenters. The van der Waals surface area contributed by atoms with Crippen LogP contribution < -0.4 is 9.47 Å². The summed E-state index contributed by atoms with van der Waals surface area (Å²) < 4.78 is 11.0. The molecule has 0 radical (unpaired) electrons. The third kappa shape index (κ3) is 1.76. The lowest BCUT2D eigenvalue weighted by atomic mass is 9.60. The highest BCUT2D eigenvalue weighted by Crippen LogP contribution is 2.58. The van der Waals surface area contributed by atoms with Crippen molar-refractivity contribution in [3.63, 3.8) is 0 Å². The number of hydrogen-bond acceptors (Lipinski definition) is 4. The van der Waals surface area contributed by atoms with Gasteiger partial charge in [-0.3, -0.25) is 9.59 Å². The van der Waals surface area contributed by atoms with Crippen molar-refractivity contribution in [1.29, 1.82) is 0 Å². The van der Waals surface area contributed by atoms with Crippen LogP contribution in [0.1, 0.15) is 38.7 Å². The maximum Gasteiger partial charge on any atom is 0.150 e. The lowest BCUT2D eigenvalue weighted by molar-refractivity contribution is -0.138. The van der Waals surface area contributed by atoms with Gasteiger partial charge in [-0.2, -0.15) is 0 Å². The highest BCUT2D eigenvalue weighted by atomic mass is 16.5. The van der Waals surface area contributed by atoms with Crippen LogP contribution in [0.2, 0.25) is 0 Å². The molecule has 0 aliphatic heterocycles. The zero-order chi connectivity index (χ0) is 16.1. The fourth-order valence-corrected chi connectivity index (χ4v) is 4.20. The number of ketones is 2. The normalized spacial score (nSPS) is 33.9. The largest absolute Gasteiger partial charge is 0.496 e. The molecule has 118 valence electrons. The van der Waals surface area contributed by atoms with Gasteiger partial charge in [-0.25, -0.2) is 0 Å². The number of benzene rings is 1. The zero-order valence-electron chi connectivity index (χ0n) is 13.6. The summed E-state index contributed by atoms with van der Waals surface area (Å²) in [5.41, 5.74) is -0.296. The van der Waals surface area contributed by atoms with Gasteiger partial charge < -0.3 is 9.47 Å². The van der Waals surface area contributed by atoms with Crippen molar-refractivity contribution in [3.8, 4) is 11.5 Å². The van der Waals surface area contributed by atoms with Gasteiger partial charge in [0.15, 0.2) is 5.78 Å². The average molecular weight is 302 g/mol. The molecule has 22 heavy (non-hydrogen) atoms. The number of hydrogen-bond donors (Lipinski definition) is 0. The molecule has 1 aromatic rings. The van der Waals surface area contributed by atoms with Crippen LogP contribution in [0.15, 0.2) is 18.2 Å². The number of Topliss-reactive ketones (excluding diaryl/α,β-unsaturated/α-hetero) is 2. The van der Waals surface area contributed by atoms with E-state index in [9.17, 15) is 9.59 Å². The van der Waals surface area contributed by atoms with E-state index in [1.54, 1.807) is 21.1 Å². The van der Waals surface area contributed by atoms with Crippen molar-refractivity contribution in [2.45, 2.75) is 38.5 Å². The number of methoxy groups -OCH3 is 2. The van der Waals surface area contributed by atoms with Gasteiger partial charge in [0.25, 0.3) is 0 Å². The van der Waals surface area contributed by atoms with Crippen LogP contribution in [0, 0.1) is 11.3 Å². The van der Waals surface area contributed by atoms with E-state index in [2.05, 4.69) is 6.92 Å². The van der Waals surface area contributed by atoms with E-state index < -0.39 is 10.8 Å². The number of rotatable bonds is 3. The van der Waals surface area contributed by atoms with Gasteiger partial charge >= 0.3 is 0 Å². The first-order valence-electron chi connectivity index (χ1n) is 7.67. The predicted molar refractivity (Wildman–Crippen MR) is 82.4 cm³/mol. The topological polar surface area (TPSA) is 52.6 Å². The minimum Gasteiger partial charge on any atom is -0.496 e. The SMILES string of the molecule is COc1cccc(OC)c1C1(C)CCC2(C)C(=O)CC1C2=O. The zero-order valence-corrected chi connectivity index (χ0v) is 13.6. The van der Waals surface area contributed by atoms with Crippen molar-refractivity contribution >= 4 is 11.6 Å². The molecule has 2 fully saturated rings. The van der Waals surface area contributed by atoms with Crippen LogP contribution in [0.25, 0.3) is 0 Å². The number of carbonyl (C=O) groups is 2.